The second-order valence-corrected chi connectivity index (χ2v) is 7.50. The van der Waals surface area contributed by atoms with Gasteiger partial charge in [-0.25, -0.2) is 22.1 Å². The first-order valence-electron chi connectivity index (χ1n) is 6.15. The summed E-state index contributed by atoms with van der Waals surface area (Å²) >= 11 is 0. The Morgan fingerprint density at radius 3 is 2.23 bits per heavy atom. The van der Waals surface area contributed by atoms with Crippen LogP contribution < -0.4 is 4.72 Å². The van der Waals surface area contributed by atoms with Crippen LogP contribution in [0.4, 0.5) is 0 Å². The lowest BCUT2D eigenvalue weighted by Gasteiger charge is -2.11. The highest BCUT2D eigenvalue weighted by Gasteiger charge is 2.23. The highest BCUT2D eigenvalue weighted by molar-refractivity contribution is 7.91. The molecule has 116 valence electrons. The molecule has 1 atom stereocenters. The predicted octanol–water partition coefficient (Wildman–Crippen LogP) is 1.46. The molecule has 8 heteroatoms. The van der Waals surface area contributed by atoms with Gasteiger partial charge < -0.3 is 5.11 Å². The van der Waals surface area contributed by atoms with Gasteiger partial charge in [-0.05, 0) is 31.3 Å². The first-order chi connectivity index (χ1) is 10.4. The molecule has 0 saturated carbocycles. The third kappa shape index (κ3) is 3.08. The Morgan fingerprint density at radius 1 is 1.09 bits per heavy atom. The van der Waals surface area contributed by atoms with E-state index in [-0.39, 0.29) is 20.2 Å². The zero-order valence-corrected chi connectivity index (χ0v) is 13.1. The number of carboxylic acid groups (broad SMARTS) is 1. The Hall–Kier alpha value is -2.03. The summed E-state index contributed by atoms with van der Waals surface area (Å²) in [7, 11) is -4.49. The normalized spacial score (nSPS) is 12.8. The van der Waals surface area contributed by atoms with Crippen molar-refractivity contribution < 1.29 is 22.5 Å². The molecule has 0 spiro atoms. The van der Waals surface area contributed by atoms with Crippen LogP contribution in [-0.4, -0.2) is 30.8 Å². The van der Waals surface area contributed by atoms with Crippen LogP contribution in [0.15, 0.2) is 63.2 Å². The number of hydrogen-bond donors (Lipinski definition) is 2. The topological polar surface area (TPSA) is 101 Å². The fraction of sp³-hybridized carbons (Fsp3) is 0.0714. The smallest absolute Gasteiger partial charge is 0.336 e. The summed E-state index contributed by atoms with van der Waals surface area (Å²) in [5.41, 5.74) is -0.127. The highest BCUT2D eigenvalue weighted by atomic mass is 32.2. The van der Waals surface area contributed by atoms with E-state index in [2.05, 4.69) is 4.72 Å². The van der Waals surface area contributed by atoms with E-state index in [1.54, 1.807) is 12.1 Å². The minimum atomic E-state index is -3.81. The summed E-state index contributed by atoms with van der Waals surface area (Å²) in [6.45, 7) is 0. The van der Waals surface area contributed by atoms with E-state index >= 15 is 0 Å². The summed E-state index contributed by atoms with van der Waals surface area (Å²) in [6.07, 6.45) is 0. The lowest BCUT2D eigenvalue weighted by atomic mass is 10.2. The van der Waals surface area contributed by atoms with Crippen LogP contribution in [0.1, 0.15) is 10.4 Å². The minimum absolute atomic E-state index is 0.0329. The molecule has 0 aliphatic rings. The molecule has 0 fully saturated rings. The standard InChI is InChI=1S/C14H13NO5S2/c1-15-22(19,20)13-9-5-4-8-12(13)21(18)11-7-3-2-6-10(11)14(16)17/h2-9,15H,1H3,(H,16,17)/i18+2. The summed E-state index contributed by atoms with van der Waals surface area (Å²) in [5, 5.41) is 9.17. The molecule has 6 nitrogen and oxygen atoms in total. The predicted molar refractivity (Wildman–Crippen MR) is 80.8 cm³/mol. The largest absolute Gasteiger partial charge is 0.478 e. The van der Waals surface area contributed by atoms with Gasteiger partial charge in [-0.3, -0.25) is 0 Å². The van der Waals surface area contributed by atoms with Crippen molar-refractivity contribution in [2.45, 2.75) is 14.7 Å². The number of carbonyl (C=O) groups is 1. The minimum Gasteiger partial charge on any atom is -0.478 e. The Morgan fingerprint density at radius 2 is 1.64 bits per heavy atom. The zero-order chi connectivity index (χ0) is 16.3. The SMILES string of the molecule is CNS(=O)(=O)c1ccccc1S(=[18O])c1ccccc1C(=O)O. The van der Waals surface area contributed by atoms with Crippen molar-refractivity contribution in [2.24, 2.45) is 0 Å². The van der Waals surface area contributed by atoms with Crippen molar-refractivity contribution in [3.05, 3.63) is 54.1 Å². The van der Waals surface area contributed by atoms with Crippen LogP contribution in [0, 0.1) is 0 Å². The Kier molecular flexibility index (Phi) is 4.74. The van der Waals surface area contributed by atoms with Crippen LogP contribution in [0.25, 0.3) is 0 Å². The summed E-state index contributed by atoms with van der Waals surface area (Å²) in [6, 6.07) is 11.6. The molecular weight excluding hydrogens is 328 g/mol. The van der Waals surface area contributed by atoms with Gasteiger partial charge >= 0.3 is 5.97 Å². The van der Waals surface area contributed by atoms with Crippen molar-refractivity contribution in [3.8, 4) is 0 Å². The fourth-order valence-corrected chi connectivity index (χ4v) is 4.47. The van der Waals surface area contributed by atoms with Gasteiger partial charge in [-0.2, -0.15) is 0 Å². The number of sulfonamides is 1. The van der Waals surface area contributed by atoms with Crippen LogP contribution >= 0.6 is 0 Å². The molecule has 2 aromatic rings. The van der Waals surface area contributed by atoms with E-state index in [1.807, 2.05) is 0 Å². The van der Waals surface area contributed by atoms with Gasteiger partial charge in [0.1, 0.15) is 0 Å². The molecule has 0 saturated heterocycles. The first kappa shape index (κ1) is 16.3. The highest BCUT2D eigenvalue weighted by Crippen LogP contribution is 2.25. The molecule has 2 aromatic carbocycles. The van der Waals surface area contributed by atoms with Gasteiger partial charge in [0, 0.05) is 0 Å². The molecule has 0 aliphatic heterocycles. The lowest BCUT2D eigenvalue weighted by molar-refractivity contribution is 0.0693. The number of aromatic carboxylic acids is 1. The fourth-order valence-electron chi connectivity index (χ4n) is 1.86. The maximum atomic E-state index is 12.7. The van der Waals surface area contributed by atoms with Gasteiger partial charge in [-0.1, -0.05) is 24.3 Å². The van der Waals surface area contributed by atoms with Crippen LogP contribution in [-0.2, 0) is 20.8 Å². The maximum Gasteiger partial charge on any atom is 0.336 e. The Bertz CT molecular complexity index is 846. The van der Waals surface area contributed by atoms with Crippen LogP contribution in [0.2, 0.25) is 0 Å². The summed E-state index contributed by atoms with van der Waals surface area (Å²) in [4.78, 5) is 11.2. The average molecular weight is 341 g/mol. The van der Waals surface area contributed by atoms with Crippen molar-refractivity contribution in [3.63, 3.8) is 0 Å². The van der Waals surface area contributed by atoms with Gasteiger partial charge in [0.15, 0.2) is 0 Å². The van der Waals surface area contributed by atoms with Crippen molar-refractivity contribution in [1.29, 1.82) is 0 Å². The Balaban J connectivity index is 2.65. The van der Waals surface area contributed by atoms with E-state index in [0.717, 1.165) is 0 Å². The third-order valence-electron chi connectivity index (χ3n) is 2.92. The van der Waals surface area contributed by atoms with E-state index in [4.69, 9.17) is 0 Å². The summed E-state index contributed by atoms with van der Waals surface area (Å²) in [5.74, 6) is -1.22. The quantitative estimate of drug-likeness (QED) is 0.802. The molecule has 0 amide bonds. The monoisotopic (exact) mass is 341 g/mol. The van der Waals surface area contributed by atoms with Gasteiger partial charge in [-0.15, -0.1) is 0 Å². The van der Waals surface area contributed by atoms with E-state index in [1.165, 1.54) is 43.4 Å². The van der Waals surface area contributed by atoms with E-state index in [0.29, 0.717) is 0 Å². The molecule has 22 heavy (non-hydrogen) atoms. The zero-order valence-electron chi connectivity index (χ0n) is 11.5. The molecule has 0 aliphatic carbocycles. The van der Waals surface area contributed by atoms with Crippen LogP contribution in [0.5, 0.6) is 0 Å². The number of benzene rings is 2. The molecule has 0 aromatic heterocycles. The van der Waals surface area contributed by atoms with Crippen LogP contribution in [0.3, 0.4) is 0 Å². The second kappa shape index (κ2) is 6.39. The van der Waals surface area contributed by atoms with Gasteiger partial charge in [0.05, 0.1) is 31.0 Å². The maximum absolute atomic E-state index is 12.7. The molecular formula is C14H13NO5S2. The molecule has 2 rings (SSSR count). The van der Waals surface area contributed by atoms with Crippen molar-refractivity contribution in [1.82, 2.24) is 4.72 Å². The van der Waals surface area contributed by atoms with E-state index in [9.17, 15) is 22.5 Å². The molecule has 0 radical (unpaired) electrons. The molecule has 0 bridgehead atoms. The first-order valence-corrected chi connectivity index (χ1v) is 8.78. The molecule has 1 unspecified atom stereocenters. The number of nitrogens with one attached hydrogen (secondary N) is 1. The summed E-state index contributed by atoms with van der Waals surface area (Å²) < 4.78 is 38.9. The number of carboxylic acids is 1. The average Bonchev–Trinajstić information content (AvgIpc) is 2.54. The molecule has 0 heterocycles. The Labute approximate surface area is 130 Å². The van der Waals surface area contributed by atoms with Gasteiger partial charge in [0.2, 0.25) is 10.0 Å². The van der Waals surface area contributed by atoms with Gasteiger partial charge in [0.25, 0.3) is 0 Å². The second-order valence-electron chi connectivity index (χ2n) is 4.22. The van der Waals surface area contributed by atoms with Crippen molar-refractivity contribution in [2.75, 3.05) is 7.05 Å². The number of hydrogen-bond acceptors (Lipinski definition) is 4. The van der Waals surface area contributed by atoms with E-state index < -0.39 is 26.8 Å². The third-order valence-corrected chi connectivity index (χ3v) is 6.04. The number of rotatable bonds is 5. The van der Waals surface area contributed by atoms with Crippen molar-refractivity contribution >= 4 is 26.8 Å². The lowest BCUT2D eigenvalue weighted by Crippen LogP contribution is -2.20. The molecule has 2 N–H and O–H groups in total.